The number of aliphatic hydroxyl groups is 1. The van der Waals surface area contributed by atoms with Crippen LogP contribution in [-0.2, 0) is 9.53 Å². The Bertz CT molecular complexity index is 745. The normalized spacial score (nSPS) is 47.2. The number of esters is 1. The molecule has 1 unspecified atom stereocenters. The molecule has 0 aromatic heterocycles. The number of ether oxygens (including phenoxy) is 1. The van der Waals surface area contributed by atoms with E-state index < -0.39 is 0 Å². The molecule has 5 rings (SSSR count). The van der Waals surface area contributed by atoms with Crippen molar-refractivity contribution in [3.8, 4) is 0 Å². The van der Waals surface area contributed by atoms with Gasteiger partial charge < -0.3 is 9.84 Å². The first-order chi connectivity index (χ1) is 12.4. The van der Waals surface area contributed by atoms with E-state index in [0.29, 0.717) is 23.9 Å². The quantitative estimate of drug-likeness (QED) is 0.713. The van der Waals surface area contributed by atoms with Crippen molar-refractivity contribution in [2.45, 2.75) is 64.9 Å². The Labute approximate surface area is 156 Å². The highest BCUT2D eigenvalue weighted by Crippen LogP contribution is 2.65. The van der Waals surface area contributed by atoms with Crippen molar-refractivity contribution in [2.24, 2.45) is 28.6 Å². The number of aliphatic hydroxyl groups excluding tert-OH is 1. The van der Waals surface area contributed by atoms with Crippen molar-refractivity contribution in [3.05, 3.63) is 34.9 Å². The molecule has 0 amide bonds. The topological polar surface area (TPSA) is 46.5 Å². The smallest absolute Gasteiger partial charge is 0.331 e. The lowest BCUT2D eigenvalue weighted by Crippen LogP contribution is -2.51. The zero-order chi connectivity index (χ0) is 18.1. The van der Waals surface area contributed by atoms with Gasteiger partial charge in [-0.1, -0.05) is 31.6 Å². The van der Waals surface area contributed by atoms with Crippen LogP contribution < -0.4 is 0 Å². The van der Waals surface area contributed by atoms with Gasteiger partial charge in [0, 0.05) is 17.1 Å². The Balaban J connectivity index is 1.44. The molecule has 140 valence electrons. The predicted octanol–water partition coefficient (Wildman–Crippen LogP) is 4.33. The standard InChI is InChI=1S/C23H30O3/c1-22-9-7-16(24)12-15(22)3-4-17-19-6-5-18(14-11-21(25)26-13-14)23(19,2)10-8-20(17)22/h5-6,11,15-17,20,24H,3-4,7-10,12-13H2,1-2H3/t15?,16-,17-,20-,22-,23+/m0/s1. The monoisotopic (exact) mass is 354 g/mol. The summed E-state index contributed by atoms with van der Waals surface area (Å²) < 4.78 is 5.19. The molecule has 26 heavy (non-hydrogen) atoms. The minimum Gasteiger partial charge on any atom is -0.458 e. The highest BCUT2D eigenvalue weighted by atomic mass is 16.5. The summed E-state index contributed by atoms with van der Waals surface area (Å²) in [5.74, 6) is 1.91. The van der Waals surface area contributed by atoms with Crippen LogP contribution in [0.1, 0.15) is 58.8 Å². The zero-order valence-corrected chi connectivity index (χ0v) is 16.0. The molecule has 0 aromatic carbocycles. The summed E-state index contributed by atoms with van der Waals surface area (Å²) in [4.78, 5) is 11.6. The second-order valence-electron chi connectivity index (χ2n) is 9.77. The third kappa shape index (κ3) is 2.19. The fourth-order valence-corrected chi connectivity index (χ4v) is 7.22. The highest BCUT2D eigenvalue weighted by molar-refractivity contribution is 5.87. The van der Waals surface area contributed by atoms with Crippen molar-refractivity contribution in [2.75, 3.05) is 6.61 Å². The molecule has 3 saturated carbocycles. The van der Waals surface area contributed by atoms with Crippen molar-refractivity contribution in [1.82, 2.24) is 0 Å². The van der Waals surface area contributed by atoms with Crippen molar-refractivity contribution in [1.29, 1.82) is 0 Å². The minimum absolute atomic E-state index is 0.0794. The molecule has 1 heterocycles. The van der Waals surface area contributed by atoms with Crippen LogP contribution in [0.2, 0.25) is 0 Å². The molecule has 5 aliphatic rings. The molecule has 3 heteroatoms. The molecule has 3 nitrogen and oxygen atoms in total. The van der Waals surface area contributed by atoms with Crippen molar-refractivity contribution in [3.63, 3.8) is 0 Å². The van der Waals surface area contributed by atoms with Crippen LogP contribution in [0.3, 0.4) is 0 Å². The van der Waals surface area contributed by atoms with Gasteiger partial charge in [-0.2, -0.15) is 0 Å². The van der Waals surface area contributed by atoms with E-state index in [4.69, 9.17) is 4.74 Å². The number of cyclic esters (lactones) is 1. The average Bonchev–Trinajstić information content (AvgIpc) is 3.18. The summed E-state index contributed by atoms with van der Waals surface area (Å²) in [7, 11) is 0. The maximum atomic E-state index is 11.6. The van der Waals surface area contributed by atoms with E-state index in [2.05, 4.69) is 26.0 Å². The van der Waals surface area contributed by atoms with Crippen LogP contribution in [0.4, 0.5) is 0 Å². The summed E-state index contributed by atoms with van der Waals surface area (Å²) in [6.07, 6.45) is 14.4. The van der Waals surface area contributed by atoms with Gasteiger partial charge in [0.2, 0.25) is 0 Å². The molecule has 0 bridgehead atoms. The zero-order valence-electron chi connectivity index (χ0n) is 16.0. The lowest BCUT2D eigenvalue weighted by Gasteiger charge is -2.59. The van der Waals surface area contributed by atoms with E-state index in [9.17, 15) is 9.90 Å². The first kappa shape index (κ1) is 16.8. The molecule has 4 aliphatic carbocycles. The number of carbonyl (C=O) groups excluding carboxylic acids is 1. The molecule has 6 atom stereocenters. The molecule has 0 aromatic rings. The fourth-order valence-electron chi connectivity index (χ4n) is 7.22. The Morgan fingerprint density at radius 2 is 1.96 bits per heavy atom. The molecular formula is C23H30O3. The molecule has 1 aliphatic heterocycles. The second kappa shape index (κ2) is 5.58. The van der Waals surface area contributed by atoms with Crippen molar-refractivity contribution < 1.29 is 14.6 Å². The lowest BCUT2D eigenvalue weighted by molar-refractivity contribution is -0.134. The van der Waals surface area contributed by atoms with Crippen LogP contribution in [-0.4, -0.2) is 23.8 Å². The SMILES string of the molecule is C[C@]12CC[C@H]3[C@@H](CCC4C[C@@H](O)CC[C@@]43C)C1=CC=C2C1=CC(=O)OC1. The van der Waals surface area contributed by atoms with Gasteiger partial charge in [0.05, 0.1) is 6.10 Å². The third-order valence-electron chi connectivity index (χ3n) is 8.69. The van der Waals surface area contributed by atoms with Crippen LogP contribution >= 0.6 is 0 Å². The number of hydrogen-bond acceptors (Lipinski definition) is 3. The summed E-state index contributed by atoms with van der Waals surface area (Å²) in [5.41, 5.74) is 4.48. The van der Waals surface area contributed by atoms with Gasteiger partial charge in [0.15, 0.2) is 0 Å². The number of fused-ring (bicyclic) bond motifs is 5. The molecule has 0 radical (unpaired) electrons. The van der Waals surface area contributed by atoms with E-state index >= 15 is 0 Å². The molecule has 0 saturated heterocycles. The Morgan fingerprint density at radius 1 is 1.12 bits per heavy atom. The van der Waals surface area contributed by atoms with E-state index in [1.54, 1.807) is 11.6 Å². The van der Waals surface area contributed by atoms with Gasteiger partial charge in [-0.15, -0.1) is 0 Å². The van der Waals surface area contributed by atoms with Gasteiger partial charge in [-0.25, -0.2) is 4.79 Å². The van der Waals surface area contributed by atoms with Gasteiger partial charge in [0.25, 0.3) is 0 Å². The molecular weight excluding hydrogens is 324 g/mol. The molecule has 3 fully saturated rings. The summed E-state index contributed by atoms with van der Waals surface area (Å²) in [6.45, 7) is 5.34. The van der Waals surface area contributed by atoms with E-state index in [1.165, 1.54) is 37.7 Å². The van der Waals surface area contributed by atoms with Crippen LogP contribution in [0, 0.1) is 28.6 Å². The van der Waals surface area contributed by atoms with Crippen molar-refractivity contribution >= 4 is 5.97 Å². The van der Waals surface area contributed by atoms with Crippen LogP contribution in [0.5, 0.6) is 0 Å². The number of carbonyl (C=O) groups is 1. The number of hydrogen-bond donors (Lipinski definition) is 1. The van der Waals surface area contributed by atoms with Crippen LogP contribution in [0.25, 0.3) is 0 Å². The minimum atomic E-state index is -0.194. The molecule has 0 spiro atoms. The lowest BCUT2D eigenvalue weighted by atomic mass is 9.46. The van der Waals surface area contributed by atoms with Crippen LogP contribution in [0.15, 0.2) is 34.9 Å². The first-order valence-electron chi connectivity index (χ1n) is 10.4. The summed E-state index contributed by atoms with van der Waals surface area (Å²) in [6, 6.07) is 0. The molecule has 1 N–H and O–H groups in total. The fraction of sp³-hybridized carbons (Fsp3) is 0.696. The first-order valence-corrected chi connectivity index (χ1v) is 10.4. The Hall–Kier alpha value is -1.35. The van der Waals surface area contributed by atoms with E-state index in [1.807, 2.05) is 0 Å². The number of rotatable bonds is 1. The van der Waals surface area contributed by atoms with Gasteiger partial charge in [-0.05, 0) is 73.7 Å². The maximum Gasteiger partial charge on any atom is 0.331 e. The summed E-state index contributed by atoms with van der Waals surface area (Å²) >= 11 is 0. The summed E-state index contributed by atoms with van der Waals surface area (Å²) in [5, 5.41) is 10.2. The Morgan fingerprint density at radius 3 is 2.73 bits per heavy atom. The average molecular weight is 354 g/mol. The predicted molar refractivity (Wildman–Crippen MR) is 100 cm³/mol. The number of allylic oxidation sites excluding steroid dienone is 3. The van der Waals surface area contributed by atoms with Gasteiger partial charge in [0.1, 0.15) is 6.61 Å². The van der Waals surface area contributed by atoms with Gasteiger partial charge >= 0.3 is 5.97 Å². The third-order valence-corrected chi connectivity index (χ3v) is 8.69. The van der Waals surface area contributed by atoms with E-state index in [0.717, 1.165) is 24.3 Å². The Kier molecular flexibility index (Phi) is 3.60. The highest BCUT2D eigenvalue weighted by Gasteiger charge is 2.56. The van der Waals surface area contributed by atoms with E-state index in [-0.39, 0.29) is 17.5 Å². The largest absolute Gasteiger partial charge is 0.458 e. The van der Waals surface area contributed by atoms with Gasteiger partial charge in [-0.3, -0.25) is 0 Å². The maximum absolute atomic E-state index is 11.6. The second-order valence-corrected chi connectivity index (χ2v) is 9.77.